The number of benzene rings is 10. The van der Waals surface area contributed by atoms with E-state index in [1.54, 1.807) is 0 Å². The number of carbonyl (C=O) groups is 2. The highest BCUT2D eigenvalue weighted by atomic mass is 32.2. The van der Waals surface area contributed by atoms with Crippen molar-refractivity contribution < 1.29 is 24.0 Å². The highest BCUT2D eigenvalue weighted by molar-refractivity contribution is 7.95. The average Bonchev–Trinajstić information content (AvgIpc) is 3.46. The van der Waals surface area contributed by atoms with Crippen LogP contribution in [0.15, 0.2) is 301 Å². The first-order valence-corrected chi connectivity index (χ1v) is 28.6. The number of carboxylic acids is 2. The van der Waals surface area contributed by atoms with Gasteiger partial charge in [-0.25, -0.2) is 4.21 Å². The van der Waals surface area contributed by atoms with Crippen molar-refractivity contribution in [2.75, 3.05) is 0 Å². The van der Waals surface area contributed by atoms with Gasteiger partial charge in [0, 0.05) is 9.79 Å². The van der Waals surface area contributed by atoms with Gasteiger partial charge in [0.1, 0.15) is 46.4 Å². The van der Waals surface area contributed by atoms with Crippen LogP contribution in [0.25, 0.3) is 0 Å². The first kappa shape index (κ1) is 50.5. The second-order valence-electron chi connectivity index (χ2n) is 16.8. The molecule has 72 heavy (non-hydrogen) atoms. The summed E-state index contributed by atoms with van der Waals surface area (Å²) in [5.74, 6) is -2.61. The first-order valence-electron chi connectivity index (χ1n) is 23.5. The fraction of sp³-hybridized carbons (Fsp3) is 0.0312. The standard InChI is InChI=1S/2C25H22P.C14H10O5S/c2*1-5-13-22(14-6-1)21-26(23-15-7-2-8-16-23,24-17-9-3-10-18-24)25-19-11-4-12-20-25;15-13(16)9-1-5-11(6-2-9)20(19)12-7-3-10(4-8-12)14(17)18/h2*1-20H,21H2;1-8H,(H,15,16)(H,17,18)/q2*+1;/p-2. The van der Waals surface area contributed by atoms with Gasteiger partial charge in [0.15, 0.2) is 0 Å². The van der Waals surface area contributed by atoms with E-state index in [9.17, 15) is 24.0 Å². The van der Waals surface area contributed by atoms with Crippen molar-refractivity contribution in [3.05, 3.63) is 313 Å². The zero-order valence-electron chi connectivity index (χ0n) is 39.5. The van der Waals surface area contributed by atoms with Crippen molar-refractivity contribution in [3.63, 3.8) is 0 Å². The Morgan fingerprint density at radius 3 is 0.681 bits per heavy atom. The Kier molecular flexibility index (Phi) is 17.4. The molecule has 8 heteroatoms. The summed E-state index contributed by atoms with van der Waals surface area (Å²) in [5, 5.41) is 29.8. The summed E-state index contributed by atoms with van der Waals surface area (Å²) in [7, 11) is -5.07. The van der Waals surface area contributed by atoms with E-state index in [2.05, 4.69) is 243 Å². The molecule has 0 fully saturated rings. The molecule has 0 amide bonds. The third-order valence-corrected chi connectivity index (χ3v) is 22.5. The molecule has 0 saturated heterocycles. The second kappa shape index (κ2) is 24.8. The number of rotatable bonds is 14. The van der Waals surface area contributed by atoms with Crippen LogP contribution in [0.2, 0.25) is 0 Å². The zero-order chi connectivity index (χ0) is 50.0. The molecular weight excluding hydrogens is 943 g/mol. The van der Waals surface area contributed by atoms with Gasteiger partial charge >= 0.3 is 0 Å². The Balaban J connectivity index is 0.000000146. The number of hydrogen-bond acceptors (Lipinski definition) is 5. The molecule has 0 aliphatic heterocycles. The largest absolute Gasteiger partial charge is 0.545 e. The fourth-order valence-electron chi connectivity index (χ4n) is 8.82. The number of carbonyl (C=O) groups excluding carboxylic acids is 2. The molecule has 10 aromatic rings. The molecule has 10 rings (SSSR count). The van der Waals surface area contributed by atoms with Gasteiger partial charge in [0.2, 0.25) is 0 Å². The molecule has 0 heterocycles. The second-order valence-corrected chi connectivity index (χ2v) is 25.3. The summed E-state index contributed by atoms with van der Waals surface area (Å²) in [6.45, 7) is 0. The van der Waals surface area contributed by atoms with Crippen LogP contribution in [0.5, 0.6) is 0 Å². The van der Waals surface area contributed by atoms with Gasteiger partial charge in [-0.3, -0.25) is 0 Å². The Morgan fingerprint density at radius 2 is 0.486 bits per heavy atom. The molecule has 0 aliphatic carbocycles. The van der Waals surface area contributed by atoms with Gasteiger partial charge in [0.25, 0.3) is 0 Å². The minimum atomic E-state index is -1.78. The highest BCUT2D eigenvalue weighted by Crippen LogP contribution is 2.59. The summed E-state index contributed by atoms with van der Waals surface area (Å²) in [5.41, 5.74) is 2.77. The maximum Gasteiger partial charge on any atom is 0.116 e. The molecule has 0 aromatic heterocycles. The predicted octanol–water partition coefficient (Wildman–Crippen LogP) is 9.94. The number of hydrogen-bond donors (Lipinski definition) is 0. The van der Waals surface area contributed by atoms with E-state index in [0.29, 0.717) is 9.79 Å². The zero-order valence-corrected chi connectivity index (χ0v) is 42.1. The summed E-state index contributed by atoms with van der Waals surface area (Å²) in [4.78, 5) is 22.0. The Labute approximate surface area is 426 Å². The van der Waals surface area contributed by atoms with Crippen LogP contribution in [-0.2, 0) is 23.1 Å². The highest BCUT2D eigenvalue weighted by Gasteiger charge is 2.46. The normalized spacial score (nSPS) is 11.0. The van der Waals surface area contributed by atoms with E-state index in [4.69, 9.17) is 0 Å². The third kappa shape index (κ3) is 12.2. The lowest BCUT2D eigenvalue weighted by atomic mass is 10.2. The molecule has 5 nitrogen and oxygen atoms in total. The predicted molar refractivity (Wildman–Crippen MR) is 297 cm³/mol. The van der Waals surface area contributed by atoms with Gasteiger partial charge in [-0.15, -0.1) is 0 Å². The average molecular weight is 995 g/mol. The Bertz CT molecular complexity index is 2840. The van der Waals surface area contributed by atoms with Crippen LogP contribution in [0.3, 0.4) is 0 Å². The quantitative estimate of drug-likeness (QED) is 0.101. The van der Waals surface area contributed by atoms with Gasteiger partial charge in [0.05, 0.1) is 35.1 Å². The molecule has 10 aromatic carbocycles. The molecule has 0 aliphatic rings. The van der Waals surface area contributed by atoms with Crippen molar-refractivity contribution >= 4 is 69.1 Å². The Hall–Kier alpha value is -7.85. The molecule has 0 saturated carbocycles. The molecule has 0 radical (unpaired) electrons. The van der Waals surface area contributed by atoms with Crippen LogP contribution >= 0.6 is 14.5 Å². The topological polar surface area (TPSA) is 97.3 Å². The van der Waals surface area contributed by atoms with Crippen molar-refractivity contribution in [2.45, 2.75) is 22.1 Å². The lowest BCUT2D eigenvalue weighted by Crippen LogP contribution is -2.32. The number of carboxylic acid groups (broad SMARTS) is 2. The summed E-state index contributed by atoms with van der Waals surface area (Å²) in [6, 6.07) is 99.0. The summed E-state index contributed by atoms with van der Waals surface area (Å²) >= 11 is 0. The molecule has 0 bridgehead atoms. The maximum atomic E-state index is 12.2. The van der Waals surface area contributed by atoms with E-state index < -0.39 is 37.3 Å². The van der Waals surface area contributed by atoms with Gasteiger partial charge in [-0.1, -0.05) is 194 Å². The molecule has 0 unspecified atom stereocenters. The lowest BCUT2D eigenvalue weighted by Gasteiger charge is -2.27. The number of aromatic carboxylic acids is 2. The Morgan fingerprint density at radius 1 is 0.292 bits per heavy atom. The molecule has 0 atom stereocenters. The smallest absolute Gasteiger partial charge is 0.116 e. The monoisotopic (exact) mass is 994 g/mol. The van der Waals surface area contributed by atoms with E-state index in [0.717, 1.165) is 12.3 Å². The van der Waals surface area contributed by atoms with Crippen LogP contribution in [-0.4, -0.2) is 16.1 Å². The SMILES string of the molecule is O=C([O-])c1ccc(S(=O)c2ccc(C(=O)[O-])cc2)cc1.c1ccc(C[P+](c2ccccc2)(c2ccccc2)c2ccccc2)cc1.c1ccc(C[P+](c2ccccc2)(c2ccccc2)c2ccccc2)cc1. The molecule has 0 spiro atoms. The van der Waals surface area contributed by atoms with Crippen LogP contribution in [0.4, 0.5) is 0 Å². The van der Waals surface area contributed by atoms with Crippen molar-refractivity contribution in [3.8, 4) is 0 Å². The van der Waals surface area contributed by atoms with Crippen molar-refractivity contribution in [1.29, 1.82) is 0 Å². The van der Waals surface area contributed by atoms with Crippen molar-refractivity contribution in [1.82, 2.24) is 0 Å². The minimum absolute atomic E-state index is 0.00181. The molecular formula is C64H52O5P2S. The van der Waals surface area contributed by atoms with E-state index >= 15 is 0 Å². The third-order valence-electron chi connectivity index (χ3n) is 12.3. The van der Waals surface area contributed by atoms with Gasteiger partial charge in [-0.2, -0.15) is 0 Å². The summed E-state index contributed by atoms with van der Waals surface area (Å²) in [6.07, 6.45) is 2.07. The van der Waals surface area contributed by atoms with E-state index in [1.807, 2.05) is 0 Å². The molecule has 354 valence electrons. The fourth-order valence-corrected chi connectivity index (χ4v) is 18.3. The lowest BCUT2D eigenvalue weighted by molar-refractivity contribution is -0.256. The maximum absolute atomic E-state index is 12.2. The summed E-state index contributed by atoms with van der Waals surface area (Å²) < 4.78 is 12.2. The van der Waals surface area contributed by atoms with Gasteiger partial charge < -0.3 is 19.8 Å². The van der Waals surface area contributed by atoms with Crippen LogP contribution in [0, 0.1) is 0 Å². The molecule has 0 N–H and O–H groups in total. The van der Waals surface area contributed by atoms with Crippen LogP contribution < -0.4 is 42.0 Å². The minimum Gasteiger partial charge on any atom is -0.545 e. The van der Waals surface area contributed by atoms with Gasteiger partial charge in [-0.05, 0) is 119 Å². The van der Waals surface area contributed by atoms with E-state index in [-0.39, 0.29) is 11.1 Å². The first-order chi connectivity index (χ1) is 35.3. The van der Waals surface area contributed by atoms with Crippen LogP contribution in [0.1, 0.15) is 31.8 Å². The van der Waals surface area contributed by atoms with Crippen molar-refractivity contribution in [2.24, 2.45) is 0 Å². The van der Waals surface area contributed by atoms with E-state index in [1.165, 1.54) is 91.5 Å².